The van der Waals surface area contributed by atoms with Crippen molar-refractivity contribution in [1.82, 2.24) is 5.32 Å². The van der Waals surface area contributed by atoms with Gasteiger partial charge in [-0.2, -0.15) is 0 Å². The molecule has 1 amide bonds. The van der Waals surface area contributed by atoms with Gasteiger partial charge in [0.15, 0.2) is 0 Å². The van der Waals surface area contributed by atoms with Crippen molar-refractivity contribution < 1.29 is 19.5 Å². The fourth-order valence-electron chi connectivity index (χ4n) is 2.77. The average molecular weight is 396 g/mol. The molecule has 0 saturated heterocycles. The molecule has 0 saturated carbocycles. The summed E-state index contributed by atoms with van der Waals surface area (Å²) in [5, 5.41) is 15.5. The Labute approximate surface area is 171 Å². The molecule has 0 radical (unpaired) electrons. The maximum atomic E-state index is 12.2. The molecule has 29 heavy (non-hydrogen) atoms. The topological polar surface area (TPSA) is 88.0 Å². The van der Waals surface area contributed by atoms with Gasteiger partial charge in [0.25, 0.3) is 0 Å². The molecule has 0 aliphatic heterocycles. The molecule has 6 heteroatoms. The van der Waals surface area contributed by atoms with Gasteiger partial charge in [-0.1, -0.05) is 73.6 Å². The van der Waals surface area contributed by atoms with Crippen LogP contribution in [-0.4, -0.2) is 29.3 Å². The van der Waals surface area contributed by atoms with Crippen LogP contribution in [0.2, 0.25) is 0 Å². The fraction of sp³-hybridized carbons (Fsp3) is 0.348. The quantitative estimate of drug-likeness (QED) is 0.474. The van der Waals surface area contributed by atoms with E-state index in [-0.39, 0.29) is 11.3 Å². The Morgan fingerprint density at radius 2 is 1.62 bits per heavy atom. The van der Waals surface area contributed by atoms with Crippen LogP contribution in [-0.2, 0) is 33.8 Å². The molecule has 6 nitrogen and oxygen atoms in total. The summed E-state index contributed by atoms with van der Waals surface area (Å²) in [5.74, 6) is -1.07. The Balaban J connectivity index is 1.87. The first kappa shape index (κ1) is 22.1. The summed E-state index contributed by atoms with van der Waals surface area (Å²) in [6.07, 6.45) is 1.05. The molecule has 2 rings (SSSR count). The number of amides is 1. The molecule has 154 valence electrons. The van der Waals surface area contributed by atoms with Crippen molar-refractivity contribution in [2.75, 3.05) is 6.61 Å². The lowest BCUT2D eigenvalue weighted by Crippen LogP contribution is -2.25. The number of nitrogens with zero attached hydrogens (tertiary/aromatic N) is 1. The number of oxime groups is 1. The van der Waals surface area contributed by atoms with Crippen LogP contribution in [0.15, 0.2) is 59.8 Å². The van der Waals surface area contributed by atoms with Crippen molar-refractivity contribution in [1.29, 1.82) is 0 Å². The lowest BCUT2D eigenvalue weighted by molar-refractivity contribution is -0.142. The van der Waals surface area contributed by atoms with Gasteiger partial charge in [-0.3, -0.25) is 4.79 Å². The summed E-state index contributed by atoms with van der Waals surface area (Å²) in [4.78, 5) is 27.5. The molecule has 0 unspecified atom stereocenters. The predicted octanol–water partition coefficient (Wildman–Crippen LogP) is 3.59. The van der Waals surface area contributed by atoms with Gasteiger partial charge in [0.2, 0.25) is 12.5 Å². The van der Waals surface area contributed by atoms with Crippen molar-refractivity contribution in [3.8, 4) is 0 Å². The summed E-state index contributed by atoms with van der Waals surface area (Å²) < 4.78 is 0. The van der Waals surface area contributed by atoms with Crippen molar-refractivity contribution in [2.24, 2.45) is 10.6 Å². The first-order valence-corrected chi connectivity index (χ1v) is 9.53. The van der Waals surface area contributed by atoms with Crippen LogP contribution in [0, 0.1) is 5.41 Å². The van der Waals surface area contributed by atoms with Crippen molar-refractivity contribution in [3.05, 3.63) is 71.3 Å². The Morgan fingerprint density at radius 3 is 2.24 bits per heavy atom. The second kappa shape index (κ2) is 10.4. The number of carboxylic acids is 1. The van der Waals surface area contributed by atoms with Gasteiger partial charge in [-0.25, -0.2) is 4.79 Å². The van der Waals surface area contributed by atoms with Crippen LogP contribution in [0.4, 0.5) is 0 Å². The summed E-state index contributed by atoms with van der Waals surface area (Å²) in [6.45, 7) is 5.96. The molecular formula is C23H28N2O4. The smallest absolute Gasteiger partial charge is 0.344 e. The molecule has 2 aromatic rings. The molecule has 0 fully saturated rings. The largest absolute Gasteiger partial charge is 0.479 e. The molecule has 0 aliphatic rings. The third kappa shape index (κ3) is 7.78. The van der Waals surface area contributed by atoms with Crippen molar-refractivity contribution in [3.63, 3.8) is 0 Å². The zero-order valence-corrected chi connectivity index (χ0v) is 17.1. The van der Waals surface area contributed by atoms with Gasteiger partial charge in [0.1, 0.15) is 0 Å². The fourth-order valence-corrected chi connectivity index (χ4v) is 2.77. The first-order valence-electron chi connectivity index (χ1n) is 9.53. The number of rotatable bonds is 10. The van der Waals surface area contributed by atoms with E-state index in [1.807, 2.05) is 75.4 Å². The van der Waals surface area contributed by atoms with Gasteiger partial charge >= 0.3 is 5.97 Å². The molecule has 2 N–H and O–H groups in total. The van der Waals surface area contributed by atoms with E-state index in [1.54, 1.807) is 0 Å². The van der Waals surface area contributed by atoms with Gasteiger partial charge in [-0.05, 0) is 30.0 Å². The second-order valence-corrected chi connectivity index (χ2v) is 7.66. The SMILES string of the molecule is C/C(=N\OCC(=O)O)C(C)(C)Cc1ccc(CC(=O)NCc2ccccc2)cc1. The predicted molar refractivity (Wildman–Crippen MR) is 113 cm³/mol. The van der Waals surface area contributed by atoms with Crippen LogP contribution in [0.5, 0.6) is 0 Å². The van der Waals surface area contributed by atoms with Crippen LogP contribution in [0.25, 0.3) is 0 Å². The summed E-state index contributed by atoms with van der Waals surface area (Å²) >= 11 is 0. The molecular weight excluding hydrogens is 368 g/mol. The number of nitrogens with one attached hydrogen (secondary N) is 1. The van der Waals surface area contributed by atoms with Crippen LogP contribution < -0.4 is 5.32 Å². The zero-order chi connectivity index (χ0) is 21.3. The minimum Gasteiger partial charge on any atom is -0.479 e. The Hall–Kier alpha value is -3.15. The van der Waals surface area contributed by atoms with E-state index in [4.69, 9.17) is 9.94 Å². The van der Waals surface area contributed by atoms with E-state index in [9.17, 15) is 9.59 Å². The maximum Gasteiger partial charge on any atom is 0.344 e. The first-order chi connectivity index (χ1) is 13.8. The average Bonchev–Trinajstić information content (AvgIpc) is 2.68. The van der Waals surface area contributed by atoms with E-state index >= 15 is 0 Å². The highest BCUT2D eigenvalue weighted by molar-refractivity contribution is 5.87. The van der Waals surface area contributed by atoms with E-state index in [1.165, 1.54) is 0 Å². The molecule has 2 aromatic carbocycles. The van der Waals surface area contributed by atoms with E-state index in [2.05, 4.69) is 10.5 Å². The van der Waals surface area contributed by atoms with Crippen molar-refractivity contribution in [2.45, 2.75) is 40.2 Å². The Morgan fingerprint density at radius 1 is 1.00 bits per heavy atom. The molecule has 0 aromatic heterocycles. The van der Waals surface area contributed by atoms with Crippen molar-refractivity contribution >= 4 is 17.6 Å². The van der Waals surface area contributed by atoms with Gasteiger partial charge < -0.3 is 15.3 Å². The normalized spacial score (nSPS) is 11.8. The van der Waals surface area contributed by atoms with E-state index in [0.29, 0.717) is 13.0 Å². The highest BCUT2D eigenvalue weighted by Gasteiger charge is 2.23. The minimum atomic E-state index is -1.05. The maximum absolute atomic E-state index is 12.2. The molecule has 0 atom stereocenters. The van der Waals surface area contributed by atoms with Gasteiger partial charge in [0, 0.05) is 12.0 Å². The van der Waals surface area contributed by atoms with Crippen LogP contribution in [0.3, 0.4) is 0 Å². The highest BCUT2D eigenvalue weighted by atomic mass is 16.6. The van der Waals surface area contributed by atoms with Crippen LogP contribution >= 0.6 is 0 Å². The van der Waals surface area contributed by atoms with Gasteiger partial charge in [-0.15, -0.1) is 0 Å². The van der Waals surface area contributed by atoms with Crippen LogP contribution in [0.1, 0.15) is 37.5 Å². The lowest BCUT2D eigenvalue weighted by Gasteiger charge is -2.24. The third-order valence-corrected chi connectivity index (χ3v) is 4.74. The summed E-state index contributed by atoms with van der Waals surface area (Å²) in [5.41, 5.74) is 3.57. The number of carboxylic acid groups (broad SMARTS) is 1. The summed E-state index contributed by atoms with van der Waals surface area (Å²) in [7, 11) is 0. The monoisotopic (exact) mass is 396 g/mol. The number of carbonyl (C=O) groups is 2. The zero-order valence-electron chi connectivity index (χ0n) is 17.1. The highest BCUT2D eigenvalue weighted by Crippen LogP contribution is 2.24. The molecule has 0 spiro atoms. The molecule has 0 aliphatic carbocycles. The Bertz CT molecular complexity index is 843. The van der Waals surface area contributed by atoms with E-state index < -0.39 is 12.6 Å². The molecule has 0 bridgehead atoms. The van der Waals surface area contributed by atoms with E-state index in [0.717, 1.165) is 28.8 Å². The number of hydrogen-bond donors (Lipinski definition) is 2. The number of benzene rings is 2. The van der Waals surface area contributed by atoms with Gasteiger partial charge in [0.05, 0.1) is 12.1 Å². The minimum absolute atomic E-state index is 0.0134. The number of hydrogen-bond acceptors (Lipinski definition) is 4. The molecule has 0 heterocycles. The lowest BCUT2D eigenvalue weighted by atomic mass is 9.81. The summed E-state index contributed by atoms with van der Waals surface area (Å²) in [6, 6.07) is 17.7. The Kier molecular flexibility index (Phi) is 7.95. The number of carbonyl (C=O) groups excluding carboxylic acids is 1. The standard InChI is InChI=1S/C23H28N2O4/c1-17(25-29-16-22(27)28)23(2,3)14-19-11-9-18(10-12-19)13-21(26)24-15-20-7-5-4-6-8-20/h4-12H,13-16H2,1-3H3,(H,24,26)(H,27,28)/b25-17+. The number of aliphatic carboxylic acids is 1. The second-order valence-electron chi connectivity index (χ2n) is 7.66. The third-order valence-electron chi connectivity index (χ3n) is 4.74.